The normalized spacial score (nSPS) is 27.2. The second-order valence-electron chi connectivity index (χ2n) is 7.56. The molecule has 25 heavy (non-hydrogen) atoms. The van der Waals surface area contributed by atoms with Gasteiger partial charge in [0.05, 0.1) is 14.8 Å². The Morgan fingerprint density at radius 1 is 1.32 bits per heavy atom. The average molecular weight is 479 g/mol. The maximum atomic E-state index is 13.3. The Bertz CT molecular complexity index is 564. The summed E-state index contributed by atoms with van der Waals surface area (Å²) in [7, 11) is -1.16. The Hall–Kier alpha value is -0.0200. The molecule has 0 saturated carbocycles. The van der Waals surface area contributed by atoms with Crippen molar-refractivity contribution in [1.82, 2.24) is 4.31 Å². The lowest BCUT2D eigenvalue weighted by Gasteiger charge is -2.41. The van der Waals surface area contributed by atoms with Crippen molar-refractivity contribution in [2.45, 2.75) is 80.6 Å². The summed E-state index contributed by atoms with van der Waals surface area (Å²) in [6.45, 7) is 8.74. The average Bonchev–Trinajstić information content (AvgIpc) is 2.57. The topological polar surface area (TPSA) is 49.8 Å². The Labute approximate surface area is 168 Å². The molecule has 2 rings (SSSR count). The Morgan fingerprint density at radius 3 is 2.48 bits per heavy atom. The van der Waals surface area contributed by atoms with E-state index < -0.39 is 17.3 Å². The molecule has 1 aliphatic heterocycles. The van der Waals surface area contributed by atoms with Gasteiger partial charge in [0.15, 0.2) is 6.29 Å². The highest BCUT2D eigenvalue weighted by Crippen LogP contribution is 2.31. The van der Waals surface area contributed by atoms with Crippen molar-refractivity contribution >= 4 is 33.6 Å². The number of aliphatic hydroxyl groups excluding tert-OH is 1. The van der Waals surface area contributed by atoms with Crippen molar-refractivity contribution in [3.05, 3.63) is 35.9 Å². The Morgan fingerprint density at radius 2 is 1.96 bits per heavy atom. The molecule has 1 N–H and O–H groups in total. The minimum absolute atomic E-state index is 0.0128. The molecule has 5 atom stereocenters. The zero-order chi connectivity index (χ0) is 18.6. The van der Waals surface area contributed by atoms with Crippen LogP contribution in [0.1, 0.15) is 52.5 Å². The van der Waals surface area contributed by atoms with Gasteiger partial charge in [0.1, 0.15) is 11.0 Å². The molecule has 142 valence electrons. The van der Waals surface area contributed by atoms with E-state index in [1.165, 1.54) is 0 Å². The van der Waals surface area contributed by atoms with Crippen LogP contribution in [0.5, 0.6) is 0 Å². The number of halogens is 1. The van der Waals surface area contributed by atoms with E-state index in [0.29, 0.717) is 6.54 Å². The number of hydrogen-bond donors (Lipinski definition) is 1. The fourth-order valence-corrected chi connectivity index (χ4v) is 5.18. The maximum Gasteiger partial charge on any atom is 0.166 e. The lowest BCUT2D eigenvalue weighted by Crippen LogP contribution is -2.52. The lowest BCUT2D eigenvalue weighted by molar-refractivity contribution is -0.170. The van der Waals surface area contributed by atoms with Crippen LogP contribution >= 0.6 is 22.6 Å². The van der Waals surface area contributed by atoms with Crippen molar-refractivity contribution in [2.24, 2.45) is 0 Å². The zero-order valence-electron chi connectivity index (χ0n) is 15.5. The molecule has 0 aliphatic carbocycles. The minimum atomic E-state index is -1.16. The second-order valence-corrected chi connectivity index (χ2v) is 11.3. The summed E-state index contributed by atoms with van der Waals surface area (Å²) in [5.41, 5.74) is 1.14. The summed E-state index contributed by atoms with van der Waals surface area (Å²) in [5, 5.41) is 10.1. The molecule has 6 heteroatoms. The van der Waals surface area contributed by atoms with E-state index in [1.807, 2.05) is 39.0 Å². The number of rotatable bonds is 6. The molecule has 0 aromatic heterocycles. The third kappa shape index (κ3) is 5.73. The van der Waals surface area contributed by atoms with Crippen LogP contribution in [0.3, 0.4) is 0 Å². The summed E-state index contributed by atoms with van der Waals surface area (Å²) >= 11 is 2.24. The Balaban J connectivity index is 2.26. The number of benzene rings is 1. The van der Waals surface area contributed by atoms with Gasteiger partial charge in [-0.1, -0.05) is 59.8 Å². The summed E-state index contributed by atoms with van der Waals surface area (Å²) in [5.74, 6) is 0. The predicted molar refractivity (Wildman–Crippen MR) is 112 cm³/mol. The first-order chi connectivity index (χ1) is 11.7. The summed E-state index contributed by atoms with van der Waals surface area (Å²) in [6.07, 6.45) is 1.80. The van der Waals surface area contributed by atoms with Gasteiger partial charge in [0.25, 0.3) is 0 Å². The minimum Gasteiger partial charge on any atom is -0.367 e. The van der Waals surface area contributed by atoms with Gasteiger partial charge in [-0.2, -0.15) is 0 Å². The van der Waals surface area contributed by atoms with Gasteiger partial charge in [-0.25, -0.2) is 8.51 Å². The van der Waals surface area contributed by atoms with E-state index in [1.54, 1.807) is 0 Å². The molecular weight excluding hydrogens is 449 g/mol. The monoisotopic (exact) mass is 479 g/mol. The van der Waals surface area contributed by atoms with Crippen LogP contribution in [-0.4, -0.2) is 40.7 Å². The summed E-state index contributed by atoms with van der Waals surface area (Å²) < 4.78 is 21.0. The SMILES string of the molecule is CC[C@@H]([C@@H]1CCC(I)C(O)O1)N(Cc1ccccc1)[S@](=O)C(C)(C)C. The smallest absolute Gasteiger partial charge is 0.166 e. The van der Waals surface area contributed by atoms with Crippen molar-refractivity contribution in [1.29, 1.82) is 0 Å². The van der Waals surface area contributed by atoms with Gasteiger partial charge in [0, 0.05) is 12.6 Å². The Kier molecular flexibility index (Phi) is 7.88. The van der Waals surface area contributed by atoms with Crippen molar-refractivity contribution in [3.8, 4) is 0 Å². The first kappa shape index (κ1) is 21.3. The molecule has 1 fully saturated rings. The van der Waals surface area contributed by atoms with E-state index >= 15 is 0 Å². The molecule has 4 nitrogen and oxygen atoms in total. The van der Waals surface area contributed by atoms with E-state index in [0.717, 1.165) is 24.8 Å². The fraction of sp³-hybridized carbons (Fsp3) is 0.684. The van der Waals surface area contributed by atoms with Crippen LogP contribution in [0.4, 0.5) is 0 Å². The van der Waals surface area contributed by atoms with Gasteiger partial charge in [-0.05, 0) is 45.6 Å². The molecule has 1 saturated heterocycles. The molecule has 2 unspecified atom stereocenters. The van der Waals surface area contributed by atoms with Crippen LogP contribution in [0.2, 0.25) is 0 Å². The quantitative estimate of drug-likeness (QED) is 0.495. The van der Waals surface area contributed by atoms with Gasteiger partial charge in [-0.3, -0.25) is 0 Å². The largest absolute Gasteiger partial charge is 0.367 e. The molecule has 0 bridgehead atoms. The van der Waals surface area contributed by atoms with Crippen LogP contribution < -0.4 is 0 Å². The molecule has 1 heterocycles. The van der Waals surface area contributed by atoms with Gasteiger partial charge in [-0.15, -0.1) is 0 Å². The zero-order valence-corrected chi connectivity index (χ0v) is 18.5. The van der Waals surface area contributed by atoms with Crippen LogP contribution in [0, 0.1) is 0 Å². The van der Waals surface area contributed by atoms with E-state index in [-0.39, 0.29) is 20.8 Å². The highest BCUT2D eigenvalue weighted by atomic mass is 127. The van der Waals surface area contributed by atoms with Gasteiger partial charge in [0.2, 0.25) is 0 Å². The molecule has 1 aromatic carbocycles. The van der Waals surface area contributed by atoms with E-state index in [2.05, 4.69) is 46.0 Å². The first-order valence-electron chi connectivity index (χ1n) is 8.94. The van der Waals surface area contributed by atoms with Crippen molar-refractivity contribution in [2.75, 3.05) is 0 Å². The number of hydrogen-bond acceptors (Lipinski definition) is 3. The molecule has 0 radical (unpaired) electrons. The standard InChI is InChI=1S/C19H30INO3S/c1-5-16(17-12-11-15(20)18(22)24-17)21(25(23)19(2,3)4)13-14-9-7-6-8-10-14/h6-10,15-18,22H,5,11-13H2,1-4H3/t15?,16-,17-,18?,25+/m0/s1. The third-order valence-corrected chi connectivity index (χ3v) is 7.60. The number of alkyl halides is 1. The molecular formula is C19H30INO3S. The summed E-state index contributed by atoms with van der Waals surface area (Å²) in [6, 6.07) is 10.2. The molecule has 1 aliphatic rings. The van der Waals surface area contributed by atoms with Crippen LogP contribution in [0.25, 0.3) is 0 Å². The summed E-state index contributed by atoms with van der Waals surface area (Å²) in [4.78, 5) is 0. The van der Waals surface area contributed by atoms with Crippen LogP contribution in [0.15, 0.2) is 30.3 Å². The van der Waals surface area contributed by atoms with E-state index in [9.17, 15) is 9.32 Å². The molecule has 0 spiro atoms. The van der Waals surface area contributed by atoms with Gasteiger partial charge < -0.3 is 9.84 Å². The number of nitrogens with zero attached hydrogens (tertiary/aromatic N) is 1. The van der Waals surface area contributed by atoms with E-state index in [4.69, 9.17) is 4.74 Å². The third-order valence-electron chi connectivity index (χ3n) is 4.49. The number of aliphatic hydroxyl groups is 1. The van der Waals surface area contributed by atoms with Gasteiger partial charge >= 0.3 is 0 Å². The highest BCUT2D eigenvalue weighted by Gasteiger charge is 2.39. The van der Waals surface area contributed by atoms with Crippen molar-refractivity contribution < 1.29 is 14.1 Å². The van der Waals surface area contributed by atoms with Crippen LogP contribution in [-0.2, 0) is 22.3 Å². The fourth-order valence-electron chi connectivity index (χ4n) is 3.15. The molecule has 1 aromatic rings. The second kappa shape index (κ2) is 9.26. The van der Waals surface area contributed by atoms with Crippen molar-refractivity contribution in [3.63, 3.8) is 0 Å². The maximum absolute atomic E-state index is 13.3. The number of ether oxygens (including phenoxy) is 1. The predicted octanol–water partition coefficient (Wildman–Crippen LogP) is 4.03. The first-order valence-corrected chi connectivity index (χ1v) is 11.3. The lowest BCUT2D eigenvalue weighted by atomic mass is 9.99. The molecule has 0 amide bonds. The highest BCUT2D eigenvalue weighted by molar-refractivity contribution is 14.1.